The van der Waals surface area contributed by atoms with Crippen molar-refractivity contribution < 1.29 is 23.9 Å². The number of nitrogens with one attached hydrogen (secondary N) is 2. The fraction of sp³-hybridized carbons (Fsp3) is 0.211. The maximum absolute atomic E-state index is 12.5. The molecule has 0 heterocycles. The van der Waals surface area contributed by atoms with Crippen molar-refractivity contribution in [3.63, 3.8) is 0 Å². The first-order chi connectivity index (χ1) is 12.8. The van der Waals surface area contributed by atoms with Gasteiger partial charge in [0.25, 0.3) is 0 Å². The number of carbonyl (C=O) groups is 3. The van der Waals surface area contributed by atoms with Crippen LogP contribution in [0.25, 0.3) is 0 Å². The number of methoxy groups -OCH3 is 1. The Hall–Kier alpha value is -3.06. The molecule has 0 fully saturated rings. The molecule has 0 radical (unpaired) electrons. The molecule has 0 bridgehead atoms. The van der Waals surface area contributed by atoms with Crippen molar-refractivity contribution in [2.24, 2.45) is 0 Å². The molecule has 142 valence electrons. The molecule has 8 heteroatoms. The first-order valence-electron chi connectivity index (χ1n) is 7.98. The standard InChI is InChI=1S/C19H19ClN2O5/c1-11(23)21-16-7-13(8-17(9-16)22-12(2)24)19(25)27-10-14-6-15(20)4-5-18(14)26-3/h4-9H,10H2,1-3H3,(H,21,23)(H,22,24). The molecule has 2 amide bonds. The minimum atomic E-state index is -0.629. The summed E-state index contributed by atoms with van der Waals surface area (Å²) in [5, 5.41) is 5.64. The van der Waals surface area contributed by atoms with Gasteiger partial charge in [-0.25, -0.2) is 4.79 Å². The predicted octanol–water partition coefficient (Wildman–Crippen LogP) is 3.62. The molecule has 0 spiro atoms. The third-order valence-electron chi connectivity index (χ3n) is 3.41. The molecule has 2 aromatic rings. The summed E-state index contributed by atoms with van der Waals surface area (Å²) in [6.45, 7) is 2.63. The SMILES string of the molecule is COc1ccc(Cl)cc1COC(=O)c1cc(NC(C)=O)cc(NC(C)=O)c1. The normalized spacial score (nSPS) is 10.1. The predicted molar refractivity (Wildman–Crippen MR) is 102 cm³/mol. The Morgan fingerprint density at radius 3 is 2.07 bits per heavy atom. The van der Waals surface area contributed by atoms with E-state index in [0.717, 1.165) is 0 Å². The quantitative estimate of drug-likeness (QED) is 0.734. The lowest BCUT2D eigenvalue weighted by atomic mass is 10.1. The Morgan fingerprint density at radius 2 is 1.56 bits per heavy atom. The first-order valence-corrected chi connectivity index (χ1v) is 8.36. The van der Waals surface area contributed by atoms with Gasteiger partial charge in [0.05, 0.1) is 12.7 Å². The van der Waals surface area contributed by atoms with Crippen molar-refractivity contribution >= 4 is 40.8 Å². The van der Waals surface area contributed by atoms with Crippen LogP contribution < -0.4 is 15.4 Å². The fourth-order valence-electron chi connectivity index (χ4n) is 2.38. The monoisotopic (exact) mass is 390 g/mol. The molecule has 0 aliphatic carbocycles. The topological polar surface area (TPSA) is 93.7 Å². The highest BCUT2D eigenvalue weighted by atomic mass is 35.5. The number of rotatable bonds is 6. The minimum absolute atomic E-state index is 0.0532. The summed E-state index contributed by atoms with van der Waals surface area (Å²) in [4.78, 5) is 35.1. The van der Waals surface area contributed by atoms with Crippen LogP contribution in [0.2, 0.25) is 5.02 Å². The van der Waals surface area contributed by atoms with Gasteiger partial charge in [-0.05, 0) is 36.4 Å². The maximum atomic E-state index is 12.5. The van der Waals surface area contributed by atoms with E-state index in [9.17, 15) is 14.4 Å². The molecule has 0 unspecified atom stereocenters. The zero-order valence-electron chi connectivity index (χ0n) is 15.1. The van der Waals surface area contributed by atoms with Crippen molar-refractivity contribution in [1.29, 1.82) is 0 Å². The molecule has 27 heavy (non-hydrogen) atoms. The Morgan fingerprint density at radius 1 is 0.963 bits per heavy atom. The molecule has 0 aromatic heterocycles. The molecule has 0 aliphatic rings. The number of halogens is 1. The Bertz CT molecular complexity index is 848. The second-order valence-corrected chi connectivity index (χ2v) is 6.13. The molecular weight excluding hydrogens is 372 g/mol. The van der Waals surface area contributed by atoms with E-state index in [1.54, 1.807) is 24.3 Å². The lowest BCUT2D eigenvalue weighted by Crippen LogP contribution is -2.12. The van der Waals surface area contributed by atoms with Crippen molar-refractivity contribution in [3.05, 3.63) is 52.5 Å². The van der Waals surface area contributed by atoms with Gasteiger partial charge in [0.15, 0.2) is 0 Å². The van der Waals surface area contributed by atoms with E-state index in [1.807, 2.05) is 0 Å². The van der Waals surface area contributed by atoms with E-state index in [-0.39, 0.29) is 24.0 Å². The molecular formula is C19H19ClN2O5. The lowest BCUT2D eigenvalue weighted by molar-refractivity contribution is -0.115. The van der Waals surface area contributed by atoms with Crippen LogP contribution in [0.1, 0.15) is 29.8 Å². The lowest BCUT2D eigenvalue weighted by Gasteiger charge is -2.12. The molecule has 0 saturated carbocycles. The Labute approximate surface area is 161 Å². The molecule has 0 saturated heterocycles. The number of carbonyl (C=O) groups excluding carboxylic acids is 3. The largest absolute Gasteiger partial charge is 0.496 e. The van der Waals surface area contributed by atoms with Crippen LogP contribution in [0.4, 0.5) is 11.4 Å². The van der Waals surface area contributed by atoms with Crippen molar-refractivity contribution in [2.75, 3.05) is 17.7 Å². The third kappa shape index (κ3) is 6.00. The minimum Gasteiger partial charge on any atom is -0.496 e. The summed E-state index contributed by atoms with van der Waals surface area (Å²) in [5.41, 5.74) is 1.51. The fourth-order valence-corrected chi connectivity index (χ4v) is 2.58. The molecule has 7 nitrogen and oxygen atoms in total. The van der Waals surface area contributed by atoms with Crippen LogP contribution in [-0.2, 0) is 20.9 Å². The number of hydrogen-bond donors (Lipinski definition) is 2. The average molecular weight is 391 g/mol. The number of amides is 2. The van der Waals surface area contributed by atoms with Gasteiger partial charge >= 0.3 is 5.97 Å². The third-order valence-corrected chi connectivity index (χ3v) is 3.65. The maximum Gasteiger partial charge on any atom is 0.338 e. The number of anilines is 2. The van der Waals surface area contributed by atoms with E-state index in [0.29, 0.717) is 27.7 Å². The smallest absolute Gasteiger partial charge is 0.338 e. The van der Waals surface area contributed by atoms with E-state index in [4.69, 9.17) is 21.1 Å². The van der Waals surface area contributed by atoms with Crippen LogP contribution >= 0.6 is 11.6 Å². The summed E-state index contributed by atoms with van der Waals surface area (Å²) in [6.07, 6.45) is 0. The highest BCUT2D eigenvalue weighted by Gasteiger charge is 2.13. The molecule has 0 aliphatic heterocycles. The van der Waals surface area contributed by atoms with Crippen LogP contribution in [-0.4, -0.2) is 24.9 Å². The van der Waals surface area contributed by atoms with Crippen molar-refractivity contribution in [3.8, 4) is 5.75 Å². The van der Waals surface area contributed by atoms with Gasteiger partial charge in [0.1, 0.15) is 12.4 Å². The van der Waals surface area contributed by atoms with Crippen LogP contribution in [0.5, 0.6) is 5.75 Å². The molecule has 2 N–H and O–H groups in total. The summed E-state index contributed by atoms with van der Waals surface area (Å²) >= 11 is 5.97. The van der Waals surface area contributed by atoms with E-state index in [1.165, 1.54) is 33.1 Å². The number of ether oxygens (including phenoxy) is 2. The molecule has 2 rings (SSSR count). The second kappa shape index (κ2) is 9.05. The second-order valence-electron chi connectivity index (χ2n) is 5.69. The summed E-state index contributed by atoms with van der Waals surface area (Å²) in [7, 11) is 1.51. The van der Waals surface area contributed by atoms with E-state index in [2.05, 4.69) is 10.6 Å². The highest BCUT2D eigenvalue weighted by molar-refractivity contribution is 6.30. The highest BCUT2D eigenvalue weighted by Crippen LogP contribution is 2.25. The Balaban J connectivity index is 2.22. The summed E-state index contributed by atoms with van der Waals surface area (Å²) < 4.78 is 10.5. The first kappa shape index (κ1) is 20.3. The zero-order valence-corrected chi connectivity index (χ0v) is 15.8. The Kier molecular flexibility index (Phi) is 6.79. The van der Waals surface area contributed by atoms with Crippen molar-refractivity contribution in [2.45, 2.75) is 20.5 Å². The average Bonchev–Trinajstić information content (AvgIpc) is 2.58. The van der Waals surface area contributed by atoms with Gasteiger partial charge in [0, 0.05) is 35.8 Å². The van der Waals surface area contributed by atoms with Crippen LogP contribution in [0.15, 0.2) is 36.4 Å². The molecule has 2 aromatic carbocycles. The number of esters is 1. The summed E-state index contributed by atoms with van der Waals surface area (Å²) in [5.74, 6) is -0.704. The number of hydrogen-bond acceptors (Lipinski definition) is 5. The van der Waals surface area contributed by atoms with Crippen LogP contribution in [0, 0.1) is 0 Å². The van der Waals surface area contributed by atoms with Gasteiger partial charge < -0.3 is 20.1 Å². The van der Waals surface area contributed by atoms with Crippen LogP contribution in [0.3, 0.4) is 0 Å². The van der Waals surface area contributed by atoms with E-state index >= 15 is 0 Å². The van der Waals surface area contributed by atoms with Gasteiger partial charge in [-0.1, -0.05) is 11.6 Å². The van der Waals surface area contributed by atoms with Gasteiger partial charge in [-0.2, -0.15) is 0 Å². The van der Waals surface area contributed by atoms with Gasteiger partial charge in [-0.3, -0.25) is 9.59 Å². The van der Waals surface area contributed by atoms with E-state index < -0.39 is 5.97 Å². The number of benzene rings is 2. The zero-order chi connectivity index (χ0) is 20.0. The summed E-state index contributed by atoms with van der Waals surface area (Å²) in [6, 6.07) is 9.46. The van der Waals surface area contributed by atoms with Gasteiger partial charge in [-0.15, -0.1) is 0 Å². The van der Waals surface area contributed by atoms with Crippen molar-refractivity contribution in [1.82, 2.24) is 0 Å². The molecule has 0 atom stereocenters. The van der Waals surface area contributed by atoms with Gasteiger partial charge in [0.2, 0.25) is 11.8 Å².